The largest absolute Gasteiger partial charge is 0.573 e. The first-order valence-electron chi connectivity index (χ1n) is 3.45. The lowest BCUT2D eigenvalue weighted by molar-refractivity contribution is -0.274. The van der Waals surface area contributed by atoms with E-state index >= 15 is 0 Å². The predicted molar refractivity (Wildman–Crippen MR) is 45.1 cm³/mol. The van der Waals surface area contributed by atoms with Gasteiger partial charge < -0.3 is 10.5 Å². The Labute approximate surface area is 87.0 Å². The highest BCUT2D eigenvalue weighted by Gasteiger charge is 2.33. The third kappa shape index (κ3) is 2.63. The van der Waals surface area contributed by atoms with Crippen molar-refractivity contribution < 1.29 is 17.9 Å². The molecule has 0 spiro atoms. The maximum absolute atomic E-state index is 11.9. The van der Waals surface area contributed by atoms with Crippen LogP contribution in [0.5, 0.6) is 5.75 Å². The average molecular weight is 238 g/mol. The van der Waals surface area contributed by atoms with E-state index in [9.17, 15) is 13.2 Å². The van der Waals surface area contributed by atoms with Gasteiger partial charge in [-0.05, 0) is 0 Å². The first-order chi connectivity index (χ1) is 6.85. The van der Waals surface area contributed by atoms with Crippen LogP contribution in [-0.2, 0) is 0 Å². The Morgan fingerprint density at radius 3 is 2.60 bits per heavy atom. The van der Waals surface area contributed by atoms with Crippen molar-refractivity contribution in [3.63, 3.8) is 0 Å². The van der Waals surface area contributed by atoms with Gasteiger partial charge in [0.1, 0.15) is 16.8 Å². The molecule has 0 bridgehead atoms. The number of halogens is 4. The number of nitrogens with zero attached hydrogens (tertiary/aromatic N) is 2. The second-order valence-corrected chi connectivity index (χ2v) is 2.76. The molecule has 0 aliphatic rings. The van der Waals surface area contributed by atoms with Crippen molar-refractivity contribution in [2.24, 2.45) is 0 Å². The van der Waals surface area contributed by atoms with Crippen LogP contribution < -0.4 is 10.5 Å². The Hall–Kier alpha value is -1.68. The van der Waals surface area contributed by atoms with E-state index in [4.69, 9.17) is 22.6 Å². The number of alkyl halides is 3. The lowest BCUT2D eigenvalue weighted by Crippen LogP contribution is -2.18. The minimum atomic E-state index is -4.92. The van der Waals surface area contributed by atoms with Crippen LogP contribution in [0.25, 0.3) is 0 Å². The summed E-state index contributed by atoms with van der Waals surface area (Å²) in [5.41, 5.74) is 4.29. The minimum absolute atomic E-state index is 0.376. The van der Waals surface area contributed by atoms with Crippen LogP contribution in [0, 0.1) is 11.3 Å². The number of nitrogens with two attached hydrogens (primary N) is 1. The molecule has 0 atom stereocenters. The molecule has 80 valence electrons. The Bertz CT molecular complexity index is 427. The molecular formula is C7H3ClF3N3O. The van der Waals surface area contributed by atoms with Crippen molar-refractivity contribution in [2.75, 3.05) is 5.73 Å². The fourth-order valence-corrected chi connectivity index (χ4v) is 0.983. The minimum Gasteiger partial charge on any atom is -0.402 e. The van der Waals surface area contributed by atoms with Gasteiger partial charge in [0.2, 0.25) is 0 Å². The highest BCUT2D eigenvalue weighted by molar-refractivity contribution is 6.32. The van der Waals surface area contributed by atoms with E-state index in [0.717, 1.165) is 6.20 Å². The van der Waals surface area contributed by atoms with Gasteiger partial charge in [-0.25, -0.2) is 4.98 Å². The van der Waals surface area contributed by atoms with Crippen LogP contribution in [-0.4, -0.2) is 11.3 Å². The quantitative estimate of drug-likeness (QED) is 0.812. The van der Waals surface area contributed by atoms with E-state index in [2.05, 4.69) is 9.72 Å². The summed E-state index contributed by atoms with van der Waals surface area (Å²) in [6, 6.07) is 1.51. The normalized spacial score (nSPS) is 10.9. The van der Waals surface area contributed by atoms with Crippen LogP contribution in [0.15, 0.2) is 6.20 Å². The molecule has 0 saturated heterocycles. The number of anilines is 1. The summed E-state index contributed by atoms with van der Waals surface area (Å²) in [5.74, 6) is -0.810. The van der Waals surface area contributed by atoms with Crippen LogP contribution >= 0.6 is 11.6 Å². The maximum Gasteiger partial charge on any atom is 0.573 e. The summed E-state index contributed by atoms with van der Waals surface area (Å²) in [6.07, 6.45) is -4.07. The summed E-state index contributed by atoms with van der Waals surface area (Å²) in [4.78, 5) is 3.42. The molecule has 0 fully saturated rings. The highest BCUT2D eigenvalue weighted by Crippen LogP contribution is 2.35. The second kappa shape index (κ2) is 3.82. The van der Waals surface area contributed by atoms with Gasteiger partial charge in [0, 0.05) is 0 Å². The van der Waals surface area contributed by atoms with Crippen molar-refractivity contribution in [3.05, 3.63) is 16.9 Å². The number of nitriles is 1. The topological polar surface area (TPSA) is 71.9 Å². The number of hydrogen-bond acceptors (Lipinski definition) is 4. The zero-order chi connectivity index (χ0) is 11.6. The summed E-state index contributed by atoms with van der Waals surface area (Å²) >= 11 is 5.39. The molecule has 0 amide bonds. The van der Waals surface area contributed by atoms with Crippen LogP contribution in [0.3, 0.4) is 0 Å². The van der Waals surface area contributed by atoms with Gasteiger partial charge in [0.05, 0.1) is 6.20 Å². The Morgan fingerprint density at radius 1 is 1.53 bits per heavy atom. The van der Waals surface area contributed by atoms with Crippen molar-refractivity contribution in [1.29, 1.82) is 5.26 Å². The first kappa shape index (κ1) is 11.4. The molecule has 0 radical (unpaired) electrons. The zero-order valence-corrected chi connectivity index (χ0v) is 7.73. The van der Waals surface area contributed by atoms with Gasteiger partial charge >= 0.3 is 6.36 Å². The molecule has 1 aromatic heterocycles. The maximum atomic E-state index is 11.9. The summed E-state index contributed by atoms with van der Waals surface area (Å²) in [7, 11) is 0. The molecule has 1 heterocycles. The monoisotopic (exact) mass is 237 g/mol. The third-order valence-corrected chi connectivity index (χ3v) is 1.62. The highest BCUT2D eigenvalue weighted by atomic mass is 35.5. The van der Waals surface area contributed by atoms with Gasteiger partial charge in [0.25, 0.3) is 0 Å². The number of ether oxygens (including phenoxy) is 1. The smallest absolute Gasteiger partial charge is 0.402 e. The molecule has 0 aromatic carbocycles. The van der Waals surface area contributed by atoms with E-state index in [1.54, 1.807) is 0 Å². The van der Waals surface area contributed by atoms with Crippen molar-refractivity contribution in [3.8, 4) is 11.8 Å². The Balaban J connectivity index is 3.23. The lowest BCUT2D eigenvalue weighted by Gasteiger charge is -2.12. The summed E-state index contributed by atoms with van der Waals surface area (Å²) in [5, 5.41) is 8.05. The lowest BCUT2D eigenvalue weighted by atomic mass is 10.3. The first-order valence-corrected chi connectivity index (χ1v) is 3.82. The summed E-state index contributed by atoms with van der Waals surface area (Å²) in [6.45, 7) is 0. The Morgan fingerprint density at radius 2 is 2.13 bits per heavy atom. The van der Waals surface area contributed by atoms with Gasteiger partial charge in [-0.2, -0.15) is 5.26 Å². The number of hydrogen-bond donors (Lipinski definition) is 1. The van der Waals surface area contributed by atoms with Gasteiger partial charge in [-0.15, -0.1) is 13.2 Å². The van der Waals surface area contributed by atoms with Gasteiger partial charge in [-0.1, -0.05) is 11.6 Å². The zero-order valence-electron chi connectivity index (χ0n) is 6.97. The molecule has 4 nitrogen and oxygen atoms in total. The molecule has 0 saturated carbocycles. The molecular weight excluding hydrogens is 235 g/mol. The predicted octanol–water partition coefficient (Wildman–Crippen LogP) is 2.09. The Kier molecular flexibility index (Phi) is 2.90. The molecule has 1 aromatic rings. The number of pyridine rings is 1. The molecule has 0 aliphatic heterocycles. The molecule has 2 N–H and O–H groups in total. The van der Waals surface area contributed by atoms with E-state index in [-0.39, 0.29) is 5.69 Å². The molecule has 0 unspecified atom stereocenters. The third-order valence-electron chi connectivity index (χ3n) is 1.35. The van der Waals surface area contributed by atoms with Crippen LogP contribution in [0.2, 0.25) is 5.02 Å². The van der Waals surface area contributed by atoms with E-state index < -0.39 is 22.8 Å². The second-order valence-electron chi connectivity index (χ2n) is 2.36. The van der Waals surface area contributed by atoms with Crippen LogP contribution in [0.4, 0.5) is 18.9 Å². The average Bonchev–Trinajstić information content (AvgIpc) is 2.11. The van der Waals surface area contributed by atoms with Crippen molar-refractivity contribution >= 4 is 17.3 Å². The van der Waals surface area contributed by atoms with E-state index in [0.29, 0.717) is 0 Å². The number of nitrogen functional groups attached to an aromatic ring is 1. The molecule has 8 heteroatoms. The van der Waals surface area contributed by atoms with Gasteiger partial charge in [0.15, 0.2) is 11.4 Å². The fourth-order valence-electron chi connectivity index (χ4n) is 0.794. The summed E-state index contributed by atoms with van der Waals surface area (Å²) < 4.78 is 39.2. The number of aromatic nitrogens is 1. The molecule has 1 rings (SSSR count). The SMILES string of the molecule is N#Cc1ncc(Cl)c(OC(F)(F)F)c1N. The molecule has 0 aliphatic carbocycles. The van der Waals surface area contributed by atoms with Crippen molar-refractivity contribution in [2.45, 2.75) is 6.36 Å². The standard InChI is InChI=1S/C7H3ClF3N3O/c8-3-2-14-4(1-12)5(13)6(3)15-7(9,10)11/h2H,13H2. The van der Waals surface area contributed by atoms with E-state index in [1.165, 1.54) is 6.07 Å². The number of rotatable bonds is 1. The van der Waals surface area contributed by atoms with Gasteiger partial charge in [-0.3, -0.25) is 0 Å². The van der Waals surface area contributed by atoms with E-state index in [1.807, 2.05) is 0 Å². The fraction of sp³-hybridized carbons (Fsp3) is 0.143. The van der Waals surface area contributed by atoms with Crippen molar-refractivity contribution in [1.82, 2.24) is 4.98 Å². The van der Waals surface area contributed by atoms with Crippen LogP contribution in [0.1, 0.15) is 5.69 Å². The molecule has 15 heavy (non-hydrogen) atoms.